The summed E-state index contributed by atoms with van der Waals surface area (Å²) in [5.74, 6) is 2.83. The fourth-order valence-corrected chi connectivity index (χ4v) is 4.01. The van der Waals surface area contributed by atoms with Crippen LogP contribution in [0.15, 0.2) is 36.7 Å². The average molecular weight is 267 g/mol. The third-order valence-corrected chi connectivity index (χ3v) is 4.97. The number of hydrogen-bond acceptors (Lipinski definition) is 2. The molecule has 3 nitrogen and oxygen atoms in total. The zero-order valence-corrected chi connectivity index (χ0v) is 11.9. The Bertz CT molecular complexity index is 616. The second-order valence-corrected chi connectivity index (χ2v) is 6.24. The fourth-order valence-electron chi connectivity index (χ4n) is 4.01. The molecule has 1 N–H and O–H groups in total. The van der Waals surface area contributed by atoms with Crippen molar-refractivity contribution in [3.05, 3.63) is 48.0 Å². The molecule has 1 saturated carbocycles. The second-order valence-electron chi connectivity index (χ2n) is 6.24. The first-order valence-corrected chi connectivity index (χ1v) is 7.66. The first kappa shape index (κ1) is 12.2. The molecule has 20 heavy (non-hydrogen) atoms. The molecule has 0 spiro atoms. The van der Waals surface area contributed by atoms with Gasteiger partial charge in [0.25, 0.3) is 0 Å². The molecule has 2 fully saturated rings. The Morgan fingerprint density at radius 1 is 1.30 bits per heavy atom. The predicted octanol–water partition coefficient (Wildman–Crippen LogP) is 3.24. The lowest BCUT2D eigenvalue weighted by molar-refractivity contribution is 0.405. The fraction of sp³-hybridized carbons (Fsp3) is 0.471. The lowest BCUT2D eigenvalue weighted by atomic mass is 9.93. The average Bonchev–Trinajstić information content (AvgIpc) is 3.14. The van der Waals surface area contributed by atoms with E-state index in [2.05, 4.69) is 52.3 Å². The van der Waals surface area contributed by atoms with Crippen LogP contribution in [0.25, 0.3) is 5.69 Å². The standard InChI is InChI=1S/C17H21N3/c1-12-4-2-6-14(10-12)20-9-8-18-17(20)16-15-7-3-5-13(15)11-19-16/h2,4,6,8-10,13,15-16,19H,3,5,7,11H2,1H3/t13-,15-,16-/m0/s1. The Hall–Kier alpha value is -1.61. The number of fused-ring (bicyclic) bond motifs is 1. The van der Waals surface area contributed by atoms with Crippen LogP contribution in [0.1, 0.15) is 36.7 Å². The monoisotopic (exact) mass is 267 g/mol. The van der Waals surface area contributed by atoms with Crippen molar-refractivity contribution in [3.63, 3.8) is 0 Å². The van der Waals surface area contributed by atoms with Gasteiger partial charge >= 0.3 is 0 Å². The van der Waals surface area contributed by atoms with E-state index in [0.717, 1.165) is 18.4 Å². The number of nitrogens with zero attached hydrogens (tertiary/aromatic N) is 2. The van der Waals surface area contributed by atoms with Crippen molar-refractivity contribution in [2.45, 2.75) is 32.2 Å². The maximum atomic E-state index is 4.67. The number of imidazole rings is 1. The molecule has 0 bridgehead atoms. The highest BCUT2D eigenvalue weighted by atomic mass is 15.1. The van der Waals surface area contributed by atoms with Crippen LogP contribution in [0, 0.1) is 18.8 Å². The van der Waals surface area contributed by atoms with Crippen molar-refractivity contribution in [2.24, 2.45) is 11.8 Å². The summed E-state index contributed by atoms with van der Waals surface area (Å²) in [6.45, 7) is 3.30. The van der Waals surface area contributed by atoms with Crippen molar-refractivity contribution in [1.29, 1.82) is 0 Å². The second kappa shape index (κ2) is 4.74. The van der Waals surface area contributed by atoms with Gasteiger partial charge in [-0.3, -0.25) is 0 Å². The van der Waals surface area contributed by atoms with E-state index in [1.807, 2.05) is 6.20 Å². The van der Waals surface area contributed by atoms with E-state index in [1.165, 1.54) is 36.3 Å². The molecule has 1 aliphatic heterocycles. The Morgan fingerprint density at radius 3 is 3.15 bits per heavy atom. The number of benzene rings is 1. The Morgan fingerprint density at radius 2 is 2.25 bits per heavy atom. The number of nitrogens with one attached hydrogen (secondary N) is 1. The lowest BCUT2D eigenvalue weighted by Crippen LogP contribution is -2.21. The quantitative estimate of drug-likeness (QED) is 0.905. The molecule has 0 unspecified atom stereocenters. The van der Waals surface area contributed by atoms with E-state index in [-0.39, 0.29) is 0 Å². The number of aryl methyl sites for hydroxylation is 1. The van der Waals surface area contributed by atoms with Gasteiger partial charge in [-0.05, 0) is 55.8 Å². The van der Waals surface area contributed by atoms with Gasteiger partial charge in [-0.25, -0.2) is 4.98 Å². The minimum absolute atomic E-state index is 0.429. The molecular weight excluding hydrogens is 246 g/mol. The summed E-state index contributed by atoms with van der Waals surface area (Å²) >= 11 is 0. The van der Waals surface area contributed by atoms with E-state index in [9.17, 15) is 0 Å². The van der Waals surface area contributed by atoms with Crippen molar-refractivity contribution in [2.75, 3.05) is 6.54 Å². The van der Waals surface area contributed by atoms with Gasteiger partial charge in [0.15, 0.2) is 0 Å². The van der Waals surface area contributed by atoms with Crippen LogP contribution in [-0.2, 0) is 0 Å². The van der Waals surface area contributed by atoms with Gasteiger partial charge in [0.1, 0.15) is 5.82 Å². The summed E-state index contributed by atoms with van der Waals surface area (Å²) in [5.41, 5.74) is 2.51. The molecule has 1 aliphatic carbocycles. The molecule has 3 heteroatoms. The van der Waals surface area contributed by atoms with Crippen LogP contribution in [0.4, 0.5) is 0 Å². The van der Waals surface area contributed by atoms with Crippen LogP contribution in [-0.4, -0.2) is 16.1 Å². The number of aromatic nitrogens is 2. The van der Waals surface area contributed by atoms with E-state index in [1.54, 1.807) is 0 Å². The van der Waals surface area contributed by atoms with Gasteiger partial charge in [0, 0.05) is 18.1 Å². The van der Waals surface area contributed by atoms with Gasteiger partial charge in [-0.15, -0.1) is 0 Å². The Labute approximate surface area is 120 Å². The molecule has 4 rings (SSSR count). The highest BCUT2D eigenvalue weighted by molar-refractivity contribution is 5.37. The highest BCUT2D eigenvalue weighted by Gasteiger charge is 2.41. The van der Waals surface area contributed by atoms with Crippen molar-refractivity contribution >= 4 is 0 Å². The summed E-state index contributed by atoms with van der Waals surface area (Å²) in [5, 5.41) is 3.70. The smallest absolute Gasteiger partial charge is 0.130 e. The number of rotatable bonds is 2. The molecule has 0 radical (unpaired) electrons. The molecule has 2 aromatic rings. The first-order chi connectivity index (χ1) is 9.83. The summed E-state index contributed by atoms with van der Waals surface area (Å²) in [6.07, 6.45) is 8.15. The molecule has 104 valence electrons. The summed E-state index contributed by atoms with van der Waals surface area (Å²) < 4.78 is 2.26. The van der Waals surface area contributed by atoms with Crippen LogP contribution in [0.2, 0.25) is 0 Å². The Balaban J connectivity index is 1.72. The van der Waals surface area contributed by atoms with Crippen molar-refractivity contribution in [1.82, 2.24) is 14.9 Å². The van der Waals surface area contributed by atoms with Crippen molar-refractivity contribution in [3.8, 4) is 5.69 Å². The first-order valence-electron chi connectivity index (χ1n) is 7.66. The Kier molecular flexibility index (Phi) is 2.88. The minimum Gasteiger partial charge on any atom is -0.307 e. The third kappa shape index (κ3) is 1.88. The molecule has 2 aliphatic rings. The van der Waals surface area contributed by atoms with Gasteiger partial charge < -0.3 is 9.88 Å². The number of hydrogen-bond donors (Lipinski definition) is 1. The molecule has 3 atom stereocenters. The summed E-state index contributed by atoms with van der Waals surface area (Å²) in [6, 6.07) is 9.08. The zero-order chi connectivity index (χ0) is 13.5. The van der Waals surface area contributed by atoms with Crippen LogP contribution >= 0.6 is 0 Å². The van der Waals surface area contributed by atoms with E-state index < -0.39 is 0 Å². The summed E-state index contributed by atoms with van der Waals surface area (Å²) in [4.78, 5) is 4.67. The molecule has 2 heterocycles. The van der Waals surface area contributed by atoms with E-state index >= 15 is 0 Å². The predicted molar refractivity (Wildman–Crippen MR) is 79.9 cm³/mol. The van der Waals surface area contributed by atoms with Crippen LogP contribution < -0.4 is 5.32 Å². The lowest BCUT2D eigenvalue weighted by Gasteiger charge is -2.19. The maximum Gasteiger partial charge on any atom is 0.130 e. The zero-order valence-electron chi connectivity index (χ0n) is 11.9. The van der Waals surface area contributed by atoms with Gasteiger partial charge in [0.05, 0.1) is 6.04 Å². The SMILES string of the molecule is Cc1cccc(-n2ccnc2[C@H]2NC[C@@H]3CCC[C@@H]32)c1. The summed E-state index contributed by atoms with van der Waals surface area (Å²) in [7, 11) is 0. The van der Waals surface area contributed by atoms with Crippen LogP contribution in [0.3, 0.4) is 0 Å². The van der Waals surface area contributed by atoms with E-state index in [0.29, 0.717) is 6.04 Å². The van der Waals surface area contributed by atoms with Crippen LogP contribution in [0.5, 0.6) is 0 Å². The largest absolute Gasteiger partial charge is 0.307 e. The van der Waals surface area contributed by atoms with Gasteiger partial charge in [-0.2, -0.15) is 0 Å². The highest BCUT2D eigenvalue weighted by Crippen LogP contribution is 2.44. The molecule has 1 saturated heterocycles. The minimum atomic E-state index is 0.429. The third-order valence-electron chi connectivity index (χ3n) is 4.97. The normalized spacial score (nSPS) is 28.8. The van der Waals surface area contributed by atoms with E-state index in [4.69, 9.17) is 0 Å². The van der Waals surface area contributed by atoms with Crippen molar-refractivity contribution < 1.29 is 0 Å². The topological polar surface area (TPSA) is 29.9 Å². The van der Waals surface area contributed by atoms with Gasteiger partial charge in [-0.1, -0.05) is 18.6 Å². The maximum absolute atomic E-state index is 4.67. The molecular formula is C17H21N3. The molecule has 0 amide bonds. The molecule has 1 aromatic heterocycles. The molecule has 1 aromatic carbocycles. The van der Waals surface area contributed by atoms with Gasteiger partial charge in [0.2, 0.25) is 0 Å².